The van der Waals surface area contributed by atoms with Crippen molar-refractivity contribution in [3.05, 3.63) is 18.0 Å². The quantitative estimate of drug-likeness (QED) is 0.863. The van der Waals surface area contributed by atoms with Gasteiger partial charge in [0.1, 0.15) is 4.90 Å². The van der Waals surface area contributed by atoms with Crippen molar-refractivity contribution in [3.8, 4) is 0 Å². The van der Waals surface area contributed by atoms with Crippen LogP contribution in [-0.2, 0) is 23.6 Å². The molecule has 0 atom stereocenters. The van der Waals surface area contributed by atoms with E-state index in [9.17, 15) is 8.42 Å². The van der Waals surface area contributed by atoms with Gasteiger partial charge in [0.2, 0.25) is 10.0 Å². The lowest BCUT2D eigenvalue weighted by Crippen LogP contribution is -2.39. The molecule has 6 heteroatoms. The first kappa shape index (κ1) is 16.2. The Labute approximate surface area is 116 Å². The van der Waals surface area contributed by atoms with E-state index in [-0.39, 0.29) is 12.0 Å². The van der Waals surface area contributed by atoms with Crippen LogP contribution < -0.4 is 5.73 Å². The molecule has 1 heterocycles. The number of hydrogen-bond acceptors (Lipinski definition) is 3. The third-order valence-electron chi connectivity index (χ3n) is 3.02. The van der Waals surface area contributed by atoms with Gasteiger partial charge in [-0.3, -0.25) is 0 Å². The summed E-state index contributed by atoms with van der Waals surface area (Å²) in [5.74, 6) is 0.287. The molecule has 0 aliphatic carbocycles. The number of sulfonamides is 1. The number of nitrogens with zero attached hydrogens (tertiary/aromatic N) is 2. The number of nitrogens with two attached hydrogens (primary N) is 1. The lowest BCUT2D eigenvalue weighted by molar-refractivity contribution is 0.319. The maximum Gasteiger partial charge on any atom is 0.244 e. The average molecular weight is 287 g/mol. The topological polar surface area (TPSA) is 68.3 Å². The van der Waals surface area contributed by atoms with Crippen molar-refractivity contribution >= 4 is 10.0 Å². The summed E-state index contributed by atoms with van der Waals surface area (Å²) in [6, 6.07) is 1.60. The molecule has 1 rings (SSSR count). The van der Waals surface area contributed by atoms with Gasteiger partial charge in [0.15, 0.2) is 0 Å². The van der Waals surface area contributed by atoms with Crippen molar-refractivity contribution in [1.29, 1.82) is 0 Å². The normalized spacial score (nSPS) is 12.9. The van der Waals surface area contributed by atoms with Crippen LogP contribution in [-0.4, -0.2) is 29.9 Å². The third kappa shape index (κ3) is 3.58. The zero-order valence-electron chi connectivity index (χ0n) is 12.4. The van der Waals surface area contributed by atoms with Crippen molar-refractivity contribution in [2.75, 3.05) is 6.54 Å². The van der Waals surface area contributed by atoms with E-state index < -0.39 is 10.0 Å². The van der Waals surface area contributed by atoms with Gasteiger partial charge < -0.3 is 10.3 Å². The molecule has 2 N–H and O–H groups in total. The maximum atomic E-state index is 12.7. The van der Waals surface area contributed by atoms with Crippen LogP contribution >= 0.6 is 0 Å². The minimum atomic E-state index is -3.45. The van der Waals surface area contributed by atoms with Crippen LogP contribution in [0.3, 0.4) is 0 Å². The van der Waals surface area contributed by atoms with Crippen LogP contribution in [0.2, 0.25) is 0 Å². The Morgan fingerprint density at radius 2 is 1.89 bits per heavy atom. The van der Waals surface area contributed by atoms with Gasteiger partial charge in [-0.15, -0.1) is 0 Å². The molecule has 0 saturated carbocycles. The highest BCUT2D eigenvalue weighted by Crippen LogP contribution is 2.21. The van der Waals surface area contributed by atoms with E-state index in [1.165, 1.54) is 0 Å². The molecule has 0 unspecified atom stereocenters. The van der Waals surface area contributed by atoms with Crippen LogP contribution in [0.4, 0.5) is 0 Å². The van der Waals surface area contributed by atoms with Crippen LogP contribution in [0.1, 0.15) is 33.4 Å². The van der Waals surface area contributed by atoms with E-state index in [2.05, 4.69) is 0 Å². The predicted octanol–water partition coefficient (Wildman–Crippen LogP) is 1.54. The fourth-order valence-corrected chi connectivity index (χ4v) is 3.90. The second-order valence-electron chi connectivity index (χ2n) is 5.54. The molecule has 0 aliphatic rings. The van der Waals surface area contributed by atoms with E-state index in [4.69, 9.17) is 5.73 Å². The van der Waals surface area contributed by atoms with E-state index >= 15 is 0 Å². The Morgan fingerprint density at radius 3 is 2.26 bits per heavy atom. The molecule has 1 aromatic rings. The molecule has 0 radical (unpaired) electrons. The molecule has 110 valence electrons. The molecule has 0 spiro atoms. The van der Waals surface area contributed by atoms with Gasteiger partial charge in [-0.2, -0.15) is 4.31 Å². The van der Waals surface area contributed by atoms with Crippen molar-refractivity contribution in [2.24, 2.45) is 18.7 Å². The predicted molar refractivity (Wildman–Crippen MR) is 77.2 cm³/mol. The zero-order valence-corrected chi connectivity index (χ0v) is 13.2. The monoisotopic (exact) mass is 287 g/mol. The summed E-state index contributed by atoms with van der Waals surface area (Å²) in [4.78, 5) is 0.324. The third-order valence-corrected chi connectivity index (χ3v) is 5.03. The summed E-state index contributed by atoms with van der Waals surface area (Å²) in [5, 5.41) is 0. The smallest absolute Gasteiger partial charge is 0.244 e. The molecule has 0 saturated heterocycles. The summed E-state index contributed by atoms with van der Waals surface area (Å²) in [5.41, 5.74) is 6.41. The molecular formula is C13H25N3O2S. The highest BCUT2D eigenvalue weighted by atomic mass is 32.2. The van der Waals surface area contributed by atoms with Crippen molar-refractivity contribution in [2.45, 2.75) is 45.2 Å². The minimum Gasteiger partial charge on any atom is -0.352 e. The molecule has 0 bridgehead atoms. The molecule has 1 aromatic heterocycles. The number of rotatable bonds is 6. The highest BCUT2D eigenvalue weighted by Gasteiger charge is 2.28. The summed E-state index contributed by atoms with van der Waals surface area (Å²) >= 11 is 0. The highest BCUT2D eigenvalue weighted by molar-refractivity contribution is 7.89. The van der Waals surface area contributed by atoms with E-state index in [1.54, 1.807) is 21.1 Å². The lowest BCUT2D eigenvalue weighted by atomic mass is 10.2. The van der Waals surface area contributed by atoms with E-state index in [1.807, 2.05) is 34.7 Å². The maximum absolute atomic E-state index is 12.7. The Balaban J connectivity index is 3.18. The fraction of sp³-hybridized carbons (Fsp3) is 0.692. The molecular weight excluding hydrogens is 262 g/mol. The first-order chi connectivity index (χ1) is 8.70. The molecule has 0 amide bonds. The van der Waals surface area contributed by atoms with Gasteiger partial charge in [-0.1, -0.05) is 13.8 Å². The molecule has 5 nitrogen and oxygen atoms in total. The first-order valence-electron chi connectivity index (χ1n) is 6.57. The van der Waals surface area contributed by atoms with Gasteiger partial charge in [-0.05, 0) is 25.8 Å². The van der Waals surface area contributed by atoms with Crippen LogP contribution in [0.15, 0.2) is 17.2 Å². The lowest BCUT2D eigenvalue weighted by Gasteiger charge is -2.27. The van der Waals surface area contributed by atoms with Crippen LogP contribution in [0, 0.1) is 5.92 Å². The second-order valence-corrected chi connectivity index (χ2v) is 7.44. The van der Waals surface area contributed by atoms with Gasteiger partial charge in [-0.25, -0.2) is 8.42 Å². The number of aromatic nitrogens is 1. The van der Waals surface area contributed by atoms with Crippen molar-refractivity contribution in [3.63, 3.8) is 0 Å². The molecule has 0 fully saturated rings. The van der Waals surface area contributed by atoms with Crippen LogP contribution in [0.5, 0.6) is 0 Å². The summed E-state index contributed by atoms with van der Waals surface area (Å²) in [6.07, 6.45) is 1.63. The Bertz CT molecular complexity index is 518. The SMILES string of the molecule is CC(C)CN(C(C)C)S(=O)(=O)c1cc(CN)n(C)c1. The number of hydrogen-bond donors (Lipinski definition) is 1. The fourth-order valence-electron chi connectivity index (χ4n) is 2.00. The van der Waals surface area contributed by atoms with E-state index in [0.29, 0.717) is 18.0 Å². The zero-order chi connectivity index (χ0) is 14.8. The van der Waals surface area contributed by atoms with Gasteiger partial charge in [0.25, 0.3) is 0 Å². The Morgan fingerprint density at radius 1 is 1.32 bits per heavy atom. The molecule has 19 heavy (non-hydrogen) atoms. The van der Waals surface area contributed by atoms with Gasteiger partial charge in [0, 0.05) is 38.1 Å². The van der Waals surface area contributed by atoms with Crippen molar-refractivity contribution < 1.29 is 8.42 Å². The second kappa shape index (κ2) is 6.07. The summed E-state index contributed by atoms with van der Waals surface area (Å²) in [6.45, 7) is 8.67. The standard InChI is InChI=1S/C13H25N3O2S/c1-10(2)8-16(11(3)4)19(17,18)13-6-12(7-14)15(5)9-13/h6,9-11H,7-8,14H2,1-5H3. The summed E-state index contributed by atoms with van der Waals surface area (Å²) < 4.78 is 28.6. The Hall–Kier alpha value is -0.850. The average Bonchev–Trinajstić information content (AvgIpc) is 2.67. The molecule has 0 aromatic carbocycles. The Kier molecular flexibility index (Phi) is 5.18. The minimum absolute atomic E-state index is 0.0612. The first-order valence-corrected chi connectivity index (χ1v) is 8.01. The van der Waals surface area contributed by atoms with Gasteiger partial charge >= 0.3 is 0 Å². The van der Waals surface area contributed by atoms with Crippen LogP contribution in [0.25, 0.3) is 0 Å². The van der Waals surface area contributed by atoms with Gasteiger partial charge in [0.05, 0.1) is 0 Å². The van der Waals surface area contributed by atoms with Crippen molar-refractivity contribution in [1.82, 2.24) is 8.87 Å². The largest absolute Gasteiger partial charge is 0.352 e. The van der Waals surface area contributed by atoms with E-state index in [0.717, 1.165) is 5.69 Å². The number of aryl methyl sites for hydroxylation is 1. The molecule has 0 aliphatic heterocycles. The summed E-state index contributed by atoms with van der Waals surface area (Å²) in [7, 11) is -1.64.